The minimum atomic E-state index is -0.523. The Bertz CT molecular complexity index is 659. The average molecular weight is 313 g/mol. The van der Waals surface area contributed by atoms with Crippen molar-refractivity contribution in [3.8, 4) is 6.07 Å². The Balaban J connectivity index is 1.33. The predicted molar refractivity (Wildman–Crippen MR) is 80.9 cm³/mol. The van der Waals surface area contributed by atoms with Gasteiger partial charge in [0.1, 0.15) is 6.04 Å². The largest absolute Gasteiger partial charge is 0.390 e. The normalized spacial score (nSPS) is 60.7. The molecule has 0 radical (unpaired) electrons. The second-order valence-corrected chi connectivity index (χ2v) is 9.38. The second-order valence-electron chi connectivity index (χ2n) is 9.38. The summed E-state index contributed by atoms with van der Waals surface area (Å²) in [7, 11) is 0. The van der Waals surface area contributed by atoms with Gasteiger partial charge in [0.2, 0.25) is 5.91 Å². The summed E-state index contributed by atoms with van der Waals surface area (Å²) in [5.41, 5.74) is -0.548. The fraction of sp³-hybridized carbons (Fsp3) is 0.889. The molecule has 1 amide bonds. The Hall–Kier alpha value is -1.12. The SMILES string of the molecule is N#C[C@@H]1C[C@@H]2C[C@@H]2N1C(=O)C1N[C@H]2[C@@H]3C[C@H]4C[C@@](O)(C3)C[C@@]12C4. The van der Waals surface area contributed by atoms with Crippen molar-refractivity contribution in [2.75, 3.05) is 0 Å². The molecule has 7 rings (SSSR count). The lowest BCUT2D eigenvalue weighted by Crippen LogP contribution is -2.83. The fourth-order valence-electron chi connectivity index (χ4n) is 7.49. The molecule has 5 nitrogen and oxygen atoms in total. The summed E-state index contributed by atoms with van der Waals surface area (Å²) >= 11 is 0. The summed E-state index contributed by atoms with van der Waals surface area (Å²) in [5.74, 6) is 1.87. The van der Waals surface area contributed by atoms with Crippen LogP contribution in [0.25, 0.3) is 0 Å². The van der Waals surface area contributed by atoms with Crippen molar-refractivity contribution in [2.24, 2.45) is 23.2 Å². The number of carbonyl (C=O) groups is 1. The van der Waals surface area contributed by atoms with Gasteiger partial charge in [-0.2, -0.15) is 5.26 Å². The smallest absolute Gasteiger partial charge is 0.241 e. The summed E-state index contributed by atoms with van der Waals surface area (Å²) in [4.78, 5) is 15.1. The standard InChI is InChI=1S/C18H23N3O2/c19-7-12-2-10-3-13(10)21(12)16(22)15-18-5-9-1-11(14(18)20-15)6-17(23,4-9)8-18/h9-15,20,23H,1-6,8H2/t9-,10+,11+,12-,13-,14-,15?,17+,18+/m0/s1. The van der Waals surface area contributed by atoms with E-state index in [0.717, 1.165) is 38.5 Å². The molecule has 4 bridgehead atoms. The number of piperidine rings is 1. The zero-order chi connectivity index (χ0) is 15.6. The van der Waals surface area contributed by atoms with Crippen LogP contribution in [0.5, 0.6) is 0 Å². The predicted octanol–water partition coefficient (Wildman–Crippen LogP) is 0.781. The van der Waals surface area contributed by atoms with Crippen LogP contribution in [-0.4, -0.2) is 45.7 Å². The second kappa shape index (κ2) is 3.75. The third kappa shape index (κ3) is 1.44. The van der Waals surface area contributed by atoms with E-state index in [1.807, 2.05) is 4.90 Å². The molecule has 2 heterocycles. The molecule has 7 fully saturated rings. The number of hydrogen-bond donors (Lipinski definition) is 2. The molecule has 0 aromatic carbocycles. The van der Waals surface area contributed by atoms with Crippen LogP contribution in [0, 0.1) is 34.5 Å². The van der Waals surface area contributed by atoms with E-state index >= 15 is 0 Å². The number of fused-ring (bicyclic) bond motifs is 1. The van der Waals surface area contributed by atoms with Crippen molar-refractivity contribution >= 4 is 5.91 Å². The molecule has 2 saturated heterocycles. The van der Waals surface area contributed by atoms with Gasteiger partial charge in [-0.3, -0.25) is 4.79 Å². The Kier molecular flexibility index (Phi) is 2.16. The van der Waals surface area contributed by atoms with Crippen molar-refractivity contribution in [3.63, 3.8) is 0 Å². The van der Waals surface area contributed by atoms with Crippen LogP contribution in [0.2, 0.25) is 0 Å². The molecule has 23 heavy (non-hydrogen) atoms. The quantitative estimate of drug-likeness (QED) is 0.750. The van der Waals surface area contributed by atoms with Crippen LogP contribution in [0.3, 0.4) is 0 Å². The van der Waals surface area contributed by atoms with E-state index < -0.39 is 5.60 Å². The first-order valence-electron chi connectivity index (χ1n) is 9.23. The highest BCUT2D eigenvalue weighted by atomic mass is 16.3. The van der Waals surface area contributed by atoms with Crippen molar-refractivity contribution in [1.82, 2.24) is 10.2 Å². The van der Waals surface area contributed by atoms with E-state index in [1.165, 1.54) is 6.42 Å². The molecule has 2 N–H and O–H groups in total. The maximum absolute atomic E-state index is 13.2. The van der Waals surface area contributed by atoms with Gasteiger partial charge < -0.3 is 15.3 Å². The summed E-state index contributed by atoms with van der Waals surface area (Å²) in [6, 6.07) is 2.71. The van der Waals surface area contributed by atoms with Crippen molar-refractivity contribution in [2.45, 2.75) is 74.7 Å². The molecule has 122 valence electrons. The number of rotatable bonds is 1. The van der Waals surface area contributed by atoms with Crippen molar-refractivity contribution < 1.29 is 9.90 Å². The number of nitrogens with zero attached hydrogens (tertiary/aromatic N) is 2. The molecular formula is C18H23N3O2. The highest BCUT2D eigenvalue weighted by Crippen LogP contribution is 2.66. The number of amides is 1. The summed E-state index contributed by atoms with van der Waals surface area (Å²) in [6.45, 7) is 0. The molecule has 5 heteroatoms. The number of nitrogens with one attached hydrogen (secondary N) is 1. The Morgan fingerprint density at radius 3 is 2.87 bits per heavy atom. The highest BCUT2D eigenvalue weighted by Gasteiger charge is 2.72. The molecule has 1 spiro atoms. The maximum Gasteiger partial charge on any atom is 0.241 e. The molecular weight excluding hydrogens is 290 g/mol. The number of hydrogen-bond acceptors (Lipinski definition) is 4. The molecule has 0 aromatic rings. The van der Waals surface area contributed by atoms with Gasteiger partial charge in [-0.15, -0.1) is 0 Å². The van der Waals surface area contributed by atoms with Crippen molar-refractivity contribution in [1.29, 1.82) is 5.26 Å². The fourth-order valence-corrected chi connectivity index (χ4v) is 7.49. The minimum absolute atomic E-state index is 0.0249. The molecule has 7 aliphatic rings. The van der Waals surface area contributed by atoms with E-state index in [0.29, 0.717) is 29.8 Å². The van der Waals surface area contributed by atoms with E-state index in [-0.39, 0.29) is 23.4 Å². The topological polar surface area (TPSA) is 76.4 Å². The lowest BCUT2D eigenvalue weighted by atomic mass is 9.40. The first-order valence-corrected chi connectivity index (χ1v) is 9.23. The number of aliphatic hydroxyl groups is 1. The van der Waals surface area contributed by atoms with Gasteiger partial charge in [0.25, 0.3) is 0 Å². The van der Waals surface area contributed by atoms with Crippen LogP contribution in [0.1, 0.15) is 44.9 Å². The Morgan fingerprint density at radius 2 is 2.09 bits per heavy atom. The van der Waals surface area contributed by atoms with Gasteiger partial charge >= 0.3 is 0 Å². The first-order chi connectivity index (χ1) is 11.0. The van der Waals surface area contributed by atoms with Gasteiger partial charge in [0, 0.05) is 17.5 Å². The van der Waals surface area contributed by atoms with Crippen LogP contribution >= 0.6 is 0 Å². The zero-order valence-corrected chi connectivity index (χ0v) is 13.2. The molecule has 1 unspecified atom stereocenters. The average Bonchev–Trinajstić information content (AvgIpc) is 3.13. The number of nitriles is 1. The molecule has 5 saturated carbocycles. The van der Waals surface area contributed by atoms with Crippen LogP contribution in [0.15, 0.2) is 0 Å². The number of carbonyl (C=O) groups excluding carboxylic acids is 1. The van der Waals surface area contributed by atoms with E-state index in [4.69, 9.17) is 0 Å². The van der Waals surface area contributed by atoms with Crippen LogP contribution < -0.4 is 5.32 Å². The Labute approximate surface area is 136 Å². The lowest BCUT2D eigenvalue weighted by molar-refractivity contribution is -0.231. The van der Waals surface area contributed by atoms with Crippen molar-refractivity contribution in [3.05, 3.63) is 0 Å². The van der Waals surface area contributed by atoms with Gasteiger partial charge in [-0.05, 0) is 62.7 Å². The first kappa shape index (κ1) is 13.2. The monoisotopic (exact) mass is 313 g/mol. The molecule has 0 aromatic heterocycles. The zero-order valence-electron chi connectivity index (χ0n) is 13.2. The summed E-state index contributed by atoms with van der Waals surface area (Å²) < 4.78 is 0. The number of likely N-dealkylation sites (tertiary alicyclic amines) is 1. The third-order valence-electron chi connectivity index (χ3n) is 8.04. The summed E-state index contributed by atoms with van der Waals surface area (Å²) in [6.07, 6.45) is 6.91. The van der Waals surface area contributed by atoms with Crippen LogP contribution in [-0.2, 0) is 4.79 Å². The highest BCUT2D eigenvalue weighted by molar-refractivity contribution is 5.86. The van der Waals surface area contributed by atoms with Gasteiger partial charge in [-0.1, -0.05) is 0 Å². The van der Waals surface area contributed by atoms with E-state index in [9.17, 15) is 15.2 Å². The Morgan fingerprint density at radius 1 is 1.22 bits per heavy atom. The summed E-state index contributed by atoms with van der Waals surface area (Å²) in [5, 5.41) is 23.9. The lowest BCUT2D eigenvalue weighted by Gasteiger charge is -2.72. The van der Waals surface area contributed by atoms with E-state index in [2.05, 4.69) is 11.4 Å². The van der Waals surface area contributed by atoms with Gasteiger partial charge in [0.05, 0.1) is 17.7 Å². The van der Waals surface area contributed by atoms with Gasteiger partial charge in [-0.25, -0.2) is 0 Å². The van der Waals surface area contributed by atoms with E-state index in [1.54, 1.807) is 0 Å². The third-order valence-corrected chi connectivity index (χ3v) is 8.04. The molecule has 5 aliphatic carbocycles. The maximum atomic E-state index is 13.2. The van der Waals surface area contributed by atoms with Gasteiger partial charge in [0.15, 0.2) is 0 Å². The molecule has 9 atom stereocenters. The molecule has 2 aliphatic heterocycles. The van der Waals surface area contributed by atoms with Crippen LogP contribution in [0.4, 0.5) is 0 Å². The minimum Gasteiger partial charge on any atom is -0.390 e.